The Morgan fingerprint density at radius 3 is 2.24 bits per heavy atom. The highest BCUT2D eigenvalue weighted by Gasteiger charge is 2.21. The second kappa shape index (κ2) is 7.54. The average Bonchev–Trinajstić information content (AvgIpc) is 2.69. The maximum Gasteiger partial charge on any atom is 0.211 e. The van der Waals surface area contributed by atoms with E-state index in [1.54, 1.807) is 0 Å². The van der Waals surface area contributed by atoms with Crippen LogP contribution in [0.2, 0.25) is 0 Å². The van der Waals surface area contributed by atoms with Crippen molar-refractivity contribution in [3.63, 3.8) is 0 Å². The third-order valence-corrected chi connectivity index (χ3v) is 4.63. The molecule has 0 aliphatic heterocycles. The summed E-state index contributed by atoms with van der Waals surface area (Å²) >= 11 is 0.863. The summed E-state index contributed by atoms with van der Waals surface area (Å²) in [6.07, 6.45) is 4.57. The maximum absolute atomic E-state index is 11.3. The third kappa shape index (κ3) is 8.36. The lowest BCUT2D eigenvalue weighted by molar-refractivity contribution is 0.568. The van der Waals surface area contributed by atoms with Gasteiger partial charge in [-0.1, -0.05) is 13.3 Å². The molecule has 1 heterocycles. The molecule has 0 unspecified atom stereocenters. The van der Waals surface area contributed by atoms with Crippen molar-refractivity contribution in [2.75, 3.05) is 12.5 Å². The van der Waals surface area contributed by atoms with Gasteiger partial charge in [-0.15, -0.1) is 5.10 Å². The maximum atomic E-state index is 11.3. The Kier molecular flexibility index (Phi) is 6.59. The van der Waals surface area contributed by atoms with Crippen molar-refractivity contribution in [2.45, 2.75) is 36.8 Å². The molecule has 0 radical (unpaired) electrons. The standard InChI is InChI=1S/C9H19N5O4S3/c1-4-5-6-7-10-8(12-11-7)19-9(13-20(2,15)16)14-21(3,17)18/h9,13-14H,4-6H2,1-3H3,(H,10,11,12). The number of hydrogen-bond acceptors (Lipinski definition) is 7. The van der Waals surface area contributed by atoms with E-state index in [9.17, 15) is 16.8 Å². The van der Waals surface area contributed by atoms with Gasteiger partial charge in [-0.05, 0) is 18.2 Å². The van der Waals surface area contributed by atoms with E-state index in [1.165, 1.54) is 0 Å². The largest absolute Gasteiger partial charge is 0.262 e. The van der Waals surface area contributed by atoms with Crippen LogP contribution in [0.25, 0.3) is 0 Å². The van der Waals surface area contributed by atoms with Gasteiger partial charge in [0, 0.05) is 6.42 Å². The van der Waals surface area contributed by atoms with Crippen LogP contribution < -0.4 is 9.44 Å². The van der Waals surface area contributed by atoms with Crippen molar-refractivity contribution < 1.29 is 16.8 Å². The van der Waals surface area contributed by atoms with Gasteiger partial charge in [0.1, 0.15) is 11.3 Å². The number of aryl methyl sites for hydroxylation is 1. The number of nitrogens with zero attached hydrogens (tertiary/aromatic N) is 2. The second-order valence-corrected chi connectivity index (χ2v) is 9.08. The molecule has 12 heteroatoms. The van der Waals surface area contributed by atoms with E-state index < -0.39 is 25.5 Å². The van der Waals surface area contributed by atoms with Crippen LogP contribution in [0.3, 0.4) is 0 Å². The molecule has 3 N–H and O–H groups in total. The number of aromatic nitrogens is 3. The summed E-state index contributed by atoms with van der Waals surface area (Å²) in [5, 5.41) is 6.92. The summed E-state index contributed by atoms with van der Waals surface area (Å²) < 4.78 is 49.4. The number of rotatable bonds is 9. The predicted molar refractivity (Wildman–Crippen MR) is 80.6 cm³/mol. The summed E-state index contributed by atoms with van der Waals surface area (Å²) in [6, 6.07) is 0. The molecule has 0 spiro atoms. The van der Waals surface area contributed by atoms with Crippen LogP contribution in [-0.4, -0.2) is 50.0 Å². The Labute approximate surface area is 128 Å². The number of H-pyrrole nitrogens is 1. The molecule has 0 fully saturated rings. The molecule has 0 amide bonds. The molecule has 21 heavy (non-hydrogen) atoms. The summed E-state index contributed by atoms with van der Waals surface area (Å²) in [5.74, 6) is 0.678. The minimum Gasteiger partial charge on any atom is -0.262 e. The molecule has 1 aromatic heterocycles. The van der Waals surface area contributed by atoms with Gasteiger partial charge in [0.2, 0.25) is 25.2 Å². The predicted octanol–water partition coefficient (Wildman–Crippen LogP) is -0.379. The molecular formula is C9H19N5O4S3. The lowest BCUT2D eigenvalue weighted by Crippen LogP contribution is -2.44. The zero-order valence-corrected chi connectivity index (χ0v) is 14.4. The first-order valence-electron chi connectivity index (χ1n) is 6.11. The highest BCUT2D eigenvalue weighted by molar-refractivity contribution is 8.01. The van der Waals surface area contributed by atoms with Crippen LogP contribution in [0.4, 0.5) is 0 Å². The minimum absolute atomic E-state index is 0.262. The second-order valence-electron chi connectivity index (χ2n) is 4.45. The third-order valence-electron chi connectivity index (χ3n) is 2.14. The van der Waals surface area contributed by atoms with Crippen molar-refractivity contribution >= 4 is 31.8 Å². The monoisotopic (exact) mass is 357 g/mol. The molecule has 1 aromatic rings. The lowest BCUT2D eigenvalue weighted by Gasteiger charge is -2.15. The Balaban J connectivity index is 2.78. The summed E-state index contributed by atoms with van der Waals surface area (Å²) in [4.78, 5) is 4.17. The summed E-state index contributed by atoms with van der Waals surface area (Å²) in [5.41, 5.74) is -1.11. The van der Waals surface area contributed by atoms with Crippen molar-refractivity contribution in [3.05, 3.63) is 5.82 Å². The van der Waals surface area contributed by atoms with E-state index in [0.717, 1.165) is 43.5 Å². The molecule has 0 bridgehead atoms. The van der Waals surface area contributed by atoms with Crippen molar-refractivity contribution in [3.8, 4) is 0 Å². The quantitative estimate of drug-likeness (QED) is 0.405. The molecule has 0 aromatic carbocycles. The highest BCUT2D eigenvalue weighted by atomic mass is 32.2. The Morgan fingerprint density at radius 1 is 1.19 bits per heavy atom. The first kappa shape index (κ1) is 18.4. The molecule has 1 rings (SSSR count). The number of aromatic amines is 1. The van der Waals surface area contributed by atoms with Gasteiger partial charge < -0.3 is 0 Å². The summed E-state index contributed by atoms with van der Waals surface area (Å²) in [7, 11) is -7.17. The molecular weight excluding hydrogens is 338 g/mol. The van der Waals surface area contributed by atoms with Crippen LogP contribution >= 0.6 is 11.8 Å². The smallest absolute Gasteiger partial charge is 0.211 e. The molecule has 0 saturated carbocycles. The average molecular weight is 357 g/mol. The van der Waals surface area contributed by atoms with E-state index in [4.69, 9.17) is 0 Å². The van der Waals surface area contributed by atoms with Crippen LogP contribution in [0.5, 0.6) is 0 Å². The summed E-state index contributed by atoms with van der Waals surface area (Å²) in [6.45, 7) is 2.05. The molecule has 0 aliphatic rings. The Bertz CT molecular complexity index is 621. The van der Waals surface area contributed by atoms with E-state index >= 15 is 0 Å². The van der Waals surface area contributed by atoms with Gasteiger partial charge in [-0.25, -0.2) is 21.8 Å². The van der Waals surface area contributed by atoms with E-state index in [2.05, 4.69) is 24.6 Å². The number of unbranched alkanes of at least 4 members (excludes halogenated alkanes) is 1. The fourth-order valence-electron chi connectivity index (χ4n) is 1.35. The zero-order chi connectivity index (χ0) is 16.1. The molecule has 122 valence electrons. The fraction of sp³-hybridized carbons (Fsp3) is 0.778. The SMILES string of the molecule is CCCCc1nc(SC(NS(C)(=O)=O)NS(C)(=O)=O)n[nH]1. The first-order valence-corrected chi connectivity index (χ1v) is 10.8. The van der Waals surface area contributed by atoms with Gasteiger partial charge >= 0.3 is 0 Å². The normalized spacial score (nSPS) is 13.0. The van der Waals surface area contributed by atoms with E-state index in [-0.39, 0.29) is 5.16 Å². The van der Waals surface area contributed by atoms with Crippen molar-refractivity contribution in [1.82, 2.24) is 24.6 Å². The first-order chi connectivity index (χ1) is 9.59. The van der Waals surface area contributed by atoms with Crippen LogP contribution in [0, 0.1) is 0 Å². The lowest BCUT2D eigenvalue weighted by atomic mass is 10.2. The number of thioether (sulfide) groups is 1. The van der Waals surface area contributed by atoms with E-state index in [0.29, 0.717) is 5.82 Å². The minimum atomic E-state index is -3.59. The van der Waals surface area contributed by atoms with Gasteiger partial charge in [-0.3, -0.25) is 5.10 Å². The number of sulfonamides is 2. The molecule has 0 saturated heterocycles. The Morgan fingerprint density at radius 2 is 1.76 bits per heavy atom. The highest BCUT2D eigenvalue weighted by Crippen LogP contribution is 2.17. The topological polar surface area (TPSA) is 134 Å². The molecule has 0 atom stereocenters. The van der Waals surface area contributed by atoms with Crippen LogP contribution in [0.1, 0.15) is 25.6 Å². The van der Waals surface area contributed by atoms with Crippen LogP contribution in [-0.2, 0) is 26.5 Å². The van der Waals surface area contributed by atoms with Crippen molar-refractivity contribution in [1.29, 1.82) is 0 Å². The zero-order valence-electron chi connectivity index (χ0n) is 12.0. The fourth-order valence-corrected chi connectivity index (χ4v) is 4.23. The number of hydrogen-bond donors (Lipinski definition) is 3. The molecule has 9 nitrogen and oxygen atoms in total. The number of nitrogens with one attached hydrogen (secondary N) is 3. The Hall–Kier alpha value is -0.690. The van der Waals surface area contributed by atoms with Crippen molar-refractivity contribution in [2.24, 2.45) is 0 Å². The van der Waals surface area contributed by atoms with Gasteiger partial charge in [0.05, 0.1) is 12.5 Å². The van der Waals surface area contributed by atoms with Crippen LogP contribution in [0.15, 0.2) is 5.16 Å². The van der Waals surface area contributed by atoms with Gasteiger partial charge in [0.15, 0.2) is 0 Å². The van der Waals surface area contributed by atoms with Gasteiger partial charge in [-0.2, -0.15) is 9.44 Å². The van der Waals surface area contributed by atoms with E-state index in [1.807, 2.05) is 6.92 Å². The van der Waals surface area contributed by atoms with Gasteiger partial charge in [0.25, 0.3) is 0 Å². The molecule has 0 aliphatic carbocycles.